The van der Waals surface area contributed by atoms with Crippen molar-refractivity contribution in [3.8, 4) is 11.5 Å². The van der Waals surface area contributed by atoms with Crippen molar-refractivity contribution in [2.45, 2.75) is 32.8 Å². The van der Waals surface area contributed by atoms with E-state index in [1.165, 1.54) is 18.2 Å². The normalized spacial score (nSPS) is 16.3. The third-order valence-electron chi connectivity index (χ3n) is 4.10. The summed E-state index contributed by atoms with van der Waals surface area (Å²) in [4.78, 5) is 12.5. The van der Waals surface area contributed by atoms with E-state index in [0.29, 0.717) is 28.9 Å². The summed E-state index contributed by atoms with van der Waals surface area (Å²) in [6, 6.07) is 9.18. The number of Topliss-reactive ketones (excluding diaryl/α,β-unsaturated/α-hetero) is 1. The number of hydrogen-bond acceptors (Lipinski definition) is 3. The molecule has 3 rings (SSSR count). The number of halogens is 1. The van der Waals surface area contributed by atoms with E-state index in [9.17, 15) is 14.3 Å². The van der Waals surface area contributed by atoms with E-state index in [0.717, 1.165) is 5.57 Å². The van der Waals surface area contributed by atoms with Crippen molar-refractivity contribution >= 4 is 5.78 Å². The maximum absolute atomic E-state index is 13.5. The molecule has 1 aliphatic heterocycles. The third kappa shape index (κ3) is 3.18. The van der Waals surface area contributed by atoms with Crippen LogP contribution in [-0.2, 0) is 6.42 Å². The Bertz CT molecular complexity index is 820. The van der Waals surface area contributed by atoms with Gasteiger partial charge in [0.05, 0.1) is 12.0 Å². The lowest BCUT2D eigenvalue weighted by atomic mass is 9.93. The van der Waals surface area contributed by atoms with Crippen LogP contribution in [0.3, 0.4) is 0 Å². The zero-order chi connectivity index (χ0) is 17.3. The monoisotopic (exact) mass is 326 g/mol. The number of benzene rings is 2. The lowest BCUT2D eigenvalue weighted by Gasteiger charge is -2.27. The second-order valence-corrected chi connectivity index (χ2v) is 6.21. The molecule has 0 saturated carbocycles. The smallest absolute Gasteiger partial charge is 0.170 e. The standard InChI is InChI=1S/C20H19FO3/c1-12(2)6-7-15-17(22)9-8-16-18(23)11-19(24-20(15)16)13-4-3-5-14(21)10-13/h3-6,8-10,19,22H,7,11H2,1-2H3. The molecule has 0 aromatic heterocycles. The van der Waals surface area contributed by atoms with Crippen molar-refractivity contribution in [1.29, 1.82) is 0 Å². The molecule has 1 atom stereocenters. The van der Waals surface area contributed by atoms with Gasteiger partial charge < -0.3 is 9.84 Å². The number of ketones is 1. The Kier molecular flexibility index (Phi) is 4.38. The first-order chi connectivity index (χ1) is 11.5. The summed E-state index contributed by atoms with van der Waals surface area (Å²) in [7, 11) is 0. The van der Waals surface area contributed by atoms with Crippen LogP contribution in [0.15, 0.2) is 48.0 Å². The maximum atomic E-state index is 13.5. The van der Waals surface area contributed by atoms with Gasteiger partial charge in [0.15, 0.2) is 5.78 Å². The summed E-state index contributed by atoms with van der Waals surface area (Å²) < 4.78 is 19.5. The third-order valence-corrected chi connectivity index (χ3v) is 4.10. The van der Waals surface area contributed by atoms with Crippen LogP contribution in [0.25, 0.3) is 0 Å². The summed E-state index contributed by atoms with van der Waals surface area (Å²) >= 11 is 0. The maximum Gasteiger partial charge on any atom is 0.170 e. The highest BCUT2D eigenvalue weighted by molar-refractivity contribution is 6.00. The van der Waals surface area contributed by atoms with E-state index in [1.807, 2.05) is 19.9 Å². The fraction of sp³-hybridized carbons (Fsp3) is 0.250. The molecule has 2 aromatic rings. The molecule has 0 amide bonds. The van der Waals surface area contributed by atoms with Crippen LogP contribution < -0.4 is 4.74 Å². The van der Waals surface area contributed by atoms with Crippen molar-refractivity contribution in [2.75, 3.05) is 0 Å². The van der Waals surface area contributed by atoms with Gasteiger partial charge in [-0.3, -0.25) is 4.79 Å². The zero-order valence-electron chi connectivity index (χ0n) is 13.7. The molecule has 0 radical (unpaired) electrons. The van der Waals surface area contributed by atoms with Gasteiger partial charge in [0, 0.05) is 5.56 Å². The van der Waals surface area contributed by atoms with Gasteiger partial charge in [-0.25, -0.2) is 4.39 Å². The van der Waals surface area contributed by atoms with Gasteiger partial charge in [0.1, 0.15) is 23.4 Å². The predicted molar refractivity (Wildman–Crippen MR) is 90.0 cm³/mol. The number of rotatable bonds is 3. The van der Waals surface area contributed by atoms with Crippen molar-refractivity contribution in [2.24, 2.45) is 0 Å². The fourth-order valence-corrected chi connectivity index (χ4v) is 2.83. The van der Waals surface area contributed by atoms with Crippen LogP contribution in [0.2, 0.25) is 0 Å². The molecule has 0 saturated heterocycles. The van der Waals surface area contributed by atoms with Gasteiger partial charge in [-0.2, -0.15) is 0 Å². The molecule has 1 unspecified atom stereocenters. The predicted octanol–water partition coefficient (Wildman–Crippen LogP) is 4.75. The van der Waals surface area contributed by atoms with Crippen LogP contribution in [0.1, 0.15) is 47.9 Å². The second-order valence-electron chi connectivity index (χ2n) is 6.21. The molecule has 1 aliphatic rings. The summed E-state index contributed by atoms with van der Waals surface area (Å²) in [6.07, 6.45) is 2.05. The molecule has 1 N–H and O–H groups in total. The van der Waals surface area contributed by atoms with Crippen LogP contribution in [0.5, 0.6) is 11.5 Å². The van der Waals surface area contributed by atoms with Crippen molar-refractivity contribution in [3.05, 3.63) is 70.6 Å². The SMILES string of the molecule is CC(C)=CCc1c(O)ccc2c1OC(c1cccc(F)c1)CC2=O. The number of phenols is 1. The van der Waals surface area contributed by atoms with Gasteiger partial charge in [0.25, 0.3) is 0 Å². The molecule has 0 spiro atoms. The number of carbonyl (C=O) groups excluding carboxylic acids is 1. The highest BCUT2D eigenvalue weighted by atomic mass is 19.1. The Morgan fingerprint density at radius 3 is 2.83 bits per heavy atom. The second kappa shape index (κ2) is 6.48. The van der Waals surface area contributed by atoms with E-state index < -0.39 is 6.10 Å². The minimum atomic E-state index is -0.548. The number of aromatic hydroxyl groups is 1. The first kappa shape index (κ1) is 16.2. The number of phenolic OH excluding ortho intramolecular Hbond substituents is 1. The van der Waals surface area contributed by atoms with E-state index in [1.54, 1.807) is 18.2 Å². The first-order valence-corrected chi connectivity index (χ1v) is 7.89. The van der Waals surface area contributed by atoms with Crippen molar-refractivity contribution in [3.63, 3.8) is 0 Å². The van der Waals surface area contributed by atoms with Crippen molar-refractivity contribution < 1.29 is 19.0 Å². The fourth-order valence-electron chi connectivity index (χ4n) is 2.83. The van der Waals surface area contributed by atoms with Gasteiger partial charge in [-0.15, -0.1) is 0 Å². The van der Waals surface area contributed by atoms with Gasteiger partial charge in [0.2, 0.25) is 0 Å². The number of ether oxygens (including phenoxy) is 1. The number of fused-ring (bicyclic) bond motifs is 1. The highest BCUT2D eigenvalue weighted by Gasteiger charge is 2.30. The average molecular weight is 326 g/mol. The summed E-state index contributed by atoms with van der Waals surface area (Å²) in [5, 5.41) is 10.2. The molecular formula is C20H19FO3. The van der Waals surface area contributed by atoms with E-state index in [-0.39, 0.29) is 23.8 Å². The Hall–Kier alpha value is -2.62. The van der Waals surface area contributed by atoms with E-state index in [4.69, 9.17) is 4.74 Å². The molecule has 2 aromatic carbocycles. The quantitative estimate of drug-likeness (QED) is 0.828. The molecule has 3 nitrogen and oxygen atoms in total. The number of allylic oxidation sites excluding steroid dienone is 2. The molecule has 24 heavy (non-hydrogen) atoms. The van der Waals surface area contributed by atoms with Crippen LogP contribution >= 0.6 is 0 Å². The molecule has 4 heteroatoms. The van der Waals surface area contributed by atoms with E-state index >= 15 is 0 Å². The average Bonchev–Trinajstić information content (AvgIpc) is 2.53. The molecule has 0 bridgehead atoms. The van der Waals surface area contributed by atoms with Gasteiger partial charge in [-0.05, 0) is 50.1 Å². The minimum Gasteiger partial charge on any atom is -0.508 e. The Labute approximate surface area is 140 Å². The van der Waals surface area contributed by atoms with Crippen LogP contribution in [-0.4, -0.2) is 10.9 Å². The topological polar surface area (TPSA) is 46.5 Å². The highest BCUT2D eigenvalue weighted by Crippen LogP contribution is 2.41. The molecule has 1 heterocycles. The summed E-state index contributed by atoms with van der Waals surface area (Å²) in [6.45, 7) is 3.93. The Morgan fingerprint density at radius 2 is 2.12 bits per heavy atom. The van der Waals surface area contributed by atoms with Crippen LogP contribution in [0.4, 0.5) is 4.39 Å². The Morgan fingerprint density at radius 1 is 1.33 bits per heavy atom. The zero-order valence-corrected chi connectivity index (χ0v) is 13.7. The van der Waals surface area contributed by atoms with Gasteiger partial charge in [-0.1, -0.05) is 23.8 Å². The minimum absolute atomic E-state index is 0.0658. The molecule has 0 fully saturated rings. The van der Waals surface area contributed by atoms with Crippen molar-refractivity contribution in [1.82, 2.24) is 0 Å². The van der Waals surface area contributed by atoms with E-state index in [2.05, 4.69) is 0 Å². The number of hydrogen-bond donors (Lipinski definition) is 1. The largest absolute Gasteiger partial charge is 0.508 e. The lowest BCUT2D eigenvalue weighted by molar-refractivity contribution is 0.0847. The molecule has 124 valence electrons. The van der Waals surface area contributed by atoms with Crippen LogP contribution in [0, 0.1) is 5.82 Å². The first-order valence-electron chi connectivity index (χ1n) is 7.89. The number of carbonyl (C=O) groups is 1. The summed E-state index contributed by atoms with van der Waals surface area (Å²) in [5.41, 5.74) is 2.78. The lowest BCUT2D eigenvalue weighted by Crippen LogP contribution is -2.21. The van der Waals surface area contributed by atoms with Gasteiger partial charge >= 0.3 is 0 Å². The molecular weight excluding hydrogens is 307 g/mol. The Balaban J connectivity index is 2.03. The molecule has 0 aliphatic carbocycles. The summed E-state index contributed by atoms with van der Waals surface area (Å²) in [5.74, 6) is 0.0657.